The van der Waals surface area contributed by atoms with Crippen LogP contribution in [-0.2, 0) is 9.59 Å². The van der Waals surface area contributed by atoms with Crippen LogP contribution in [0.4, 0.5) is 5.69 Å². The number of nitrogens with one attached hydrogen (secondary N) is 1. The number of amides is 2. The highest BCUT2D eigenvalue weighted by Crippen LogP contribution is 2.10. The number of carbonyl (C=O) groups excluding carboxylic acids is 2. The van der Waals surface area contributed by atoms with Crippen LogP contribution in [0.15, 0.2) is 30.3 Å². The van der Waals surface area contributed by atoms with Crippen molar-refractivity contribution in [3.8, 4) is 0 Å². The monoisotopic (exact) mass is 234 g/mol. The Morgan fingerprint density at radius 3 is 2.47 bits per heavy atom. The fourth-order valence-corrected chi connectivity index (χ4v) is 1.38. The molecule has 0 fully saturated rings. The van der Waals surface area contributed by atoms with E-state index in [1.165, 1.54) is 4.90 Å². The Morgan fingerprint density at radius 1 is 1.24 bits per heavy atom. The minimum absolute atomic E-state index is 0.535. The maximum absolute atomic E-state index is 11.8. The Morgan fingerprint density at radius 2 is 1.88 bits per heavy atom. The number of unbranched alkanes of at least 4 members (excludes halogenated alkanes) is 1. The van der Waals surface area contributed by atoms with E-state index in [0.29, 0.717) is 12.2 Å². The molecule has 0 saturated carbocycles. The van der Waals surface area contributed by atoms with Crippen molar-refractivity contribution in [1.29, 1.82) is 0 Å². The number of anilines is 1. The fourth-order valence-electron chi connectivity index (χ4n) is 1.38. The molecule has 0 aliphatic heterocycles. The Bertz CT molecular complexity index is 376. The Hall–Kier alpha value is -1.84. The second kappa shape index (κ2) is 6.68. The summed E-state index contributed by atoms with van der Waals surface area (Å²) in [5, 5.41) is 2.60. The predicted octanol–water partition coefficient (Wildman–Crippen LogP) is 1.57. The number of benzene rings is 1. The average Bonchev–Trinajstić information content (AvgIpc) is 2.38. The van der Waals surface area contributed by atoms with Crippen LogP contribution in [0.3, 0.4) is 0 Å². The van der Waals surface area contributed by atoms with Gasteiger partial charge in [-0.1, -0.05) is 31.5 Å². The zero-order chi connectivity index (χ0) is 12.7. The maximum Gasteiger partial charge on any atom is 0.316 e. The molecular formula is C13H18N2O2. The van der Waals surface area contributed by atoms with Crippen LogP contribution < -0.4 is 10.2 Å². The van der Waals surface area contributed by atoms with Gasteiger partial charge in [-0.2, -0.15) is 0 Å². The van der Waals surface area contributed by atoms with Gasteiger partial charge in [-0.25, -0.2) is 0 Å². The van der Waals surface area contributed by atoms with Gasteiger partial charge in [-0.15, -0.1) is 0 Å². The Labute approximate surface area is 102 Å². The lowest BCUT2D eigenvalue weighted by atomic mass is 10.3. The summed E-state index contributed by atoms with van der Waals surface area (Å²) in [5.74, 6) is -1.09. The maximum atomic E-state index is 11.8. The SMILES string of the molecule is CCCCNC(=O)C(=O)N(C)c1ccccc1. The van der Waals surface area contributed by atoms with Crippen LogP contribution in [-0.4, -0.2) is 25.4 Å². The fraction of sp³-hybridized carbons (Fsp3) is 0.385. The third kappa shape index (κ3) is 3.90. The molecule has 0 saturated heterocycles. The van der Waals surface area contributed by atoms with Gasteiger partial charge in [0.05, 0.1) is 0 Å². The molecular weight excluding hydrogens is 216 g/mol. The van der Waals surface area contributed by atoms with E-state index in [1.807, 2.05) is 25.1 Å². The third-order valence-electron chi connectivity index (χ3n) is 2.46. The van der Waals surface area contributed by atoms with Crippen molar-refractivity contribution < 1.29 is 9.59 Å². The molecule has 2 amide bonds. The summed E-state index contributed by atoms with van der Waals surface area (Å²) in [6.07, 6.45) is 1.87. The molecule has 1 rings (SSSR count). The highest BCUT2D eigenvalue weighted by atomic mass is 16.2. The van der Waals surface area contributed by atoms with Crippen molar-refractivity contribution in [2.45, 2.75) is 19.8 Å². The smallest absolute Gasteiger partial charge is 0.316 e. The molecule has 4 heteroatoms. The summed E-state index contributed by atoms with van der Waals surface area (Å²) in [6.45, 7) is 2.58. The van der Waals surface area contributed by atoms with Crippen LogP contribution in [0.2, 0.25) is 0 Å². The van der Waals surface area contributed by atoms with Gasteiger partial charge in [0.25, 0.3) is 0 Å². The van der Waals surface area contributed by atoms with Gasteiger partial charge in [0.2, 0.25) is 0 Å². The first-order valence-electron chi connectivity index (χ1n) is 5.77. The minimum atomic E-state index is -0.551. The topological polar surface area (TPSA) is 49.4 Å². The van der Waals surface area contributed by atoms with E-state index in [-0.39, 0.29) is 0 Å². The van der Waals surface area contributed by atoms with Crippen LogP contribution in [0, 0.1) is 0 Å². The first kappa shape index (κ1) is 13.2. The minimum Gasteiger partial charge on any atom is -0.348 e. The molecule has 0 unspecified atom stereocenters. The summed E-state index contributed by atoms with van der Waals surface area (Å²) in [7, 11) is 1.59. The van der Waals surface area contributed by atoms with Gasteiger partial charge in [0.1, 0.15) is 0 Å². The molecule has 0 atom stereocenters. The van der Waals surface area contributed by atoms with Crippen LogP contribution in [0.1, 0.15) is 19.8 Å². The van der Waals surface area contributed by atoms with Crippen LogP contribution >= 0.6 is 0 Å². The number of carbonyl (C=O) groups is 2. The molecule has 17 heavy (non-hydrogen) atoms. The van der Waals surface area contributed by atoms with Crippen molar-refractivity contribution in [3.05, 3.63) is 30.3 Å². The van der Waals surface area contributed by atoms with Crippen molar-refractivity contribution in [2.24, 2.45) is 0 Å². The second-order valence-electron chi connectivity index (χ2n) is 3.81. The summed E-state index contributed by atoms with van der Waals surface area (Å²) in [4.78, 5) is 24.6. The standard InChI is InChI=1S/C13H18N2O2/c1-3-4-10-14-12(16)13(17)15(2)11-8-6-5-7-9-11/h5-9H,3-4,10H2,1-2H3,(H,14,16). The number of nitrogens with zero attached hydrogens (tertiary/aromatic N) is 1. The zero-order valence-corrected chi connectivity index (χ0v) is 10.3. The van der Waals surface area contributed by atoms with Gasteiger partial charge >= 0.3 is 11.8 Å². The first-order chi connectivity index (χ1) is 8.16. The van der Waals surface area contributed by atoms with Gasteiger partial charge in [-0.3, -0.25) is 9.59 Å². The van der Waals surface area contributed by atoms with Crippen molar-refractivity contribution in [1.82, 2.24) is 5.32 Å². The number of rotatable bonds is 4. The van der Waals surface area contributed by atoms with Gasteiger partial charge in [0.15, 0.2) is 0 Å². The number of likely N-dealkylation sites (N-methyl/N-ethyl adjacent to an activating group) is 1. The lowest BCUT2D eigenvalue weighted by Crippen LogP contribution is -2.41. The molecule has 0 aromatic heterocycles. The lowest BCUT2D eigenvalue weighted by Gasteiger charge is -2.16. The van der Waals surface area contributed by atoms with Gasteiger partial charge in [-0.05, 0) is 18.6 Å². The molecule has 1 aromatic rings. The number of hydrogen-bond donors (Lipinski definition) is 1. The lowest BCUT2D eigenvalue weighted by molar-refractivity contribution is -0.137. The van der Waals surface area contributed by atoms with E-state index in [1.54, 1.807) is 19.2 Å². The Kier molecular flexibility index (Phi) is 5.20. The average molecular weight is 234 g/mol. The quantitative estimate of drug-likeness (QED) is 0.635. The first-order valence-corrected chi connectivity index (χ1v) is 5.77. The van der Waals surface area contributed by atoms with Crippen molar-refractivity contribution >= 4 is 17.5 Å². The molecule has 0 bridgehead atoms. The van der Waals surface area contributed by atoms with E-state index in [9.17, 15) is 9.59 Å². The van der Waals surface area contributed by atoms with E-state index >= 15 is 0 Å². The number of hydrogen-bond acceptors (Lipinski definition) is 2. The summed E-state index contributed by atoms with van der Waals surface area (Å²) in [6, 6.07) is 9.10. The van der Waals surface area contributed by atoms with E-state index < -0.39 is 11.8 Å². The summed E-state index contributed by atoms with van der Waals surface area (Å²) >= 11 is 0. The van der Waals surface area contributed by atoms with Crippen LogP contribution in [0.25, 0.3) is 0 Å². The molecule has 0 aliphatic carbocycles. The second-order valence-corrected chi connectivity index (χ2v) is 3.81. The molecule has 4 nitrogen and oxygen atoms in total. The summed E-state index contributed by atoms with van der Waals surface area (Å²) in [5.41, 5.74) is 0.711. The molecule has 1 N–H and O–H groups in total. The normalized spacial score (nSPS) is 9.76. The molecule has 1 aromatic carbocycles. The molecule has 0 aliphatic rings. The van der Waals surface area contributed by atoms with E-state index in [2.05, 4.69) is 5.32 Å². The largest absolute Gasteiger partial charge is 0.348 e. The summed E-state index contributed by atoms with van der Waals surface area (Å²) < 4.78 is 0. The molecule has 0 spiro atoms. The molecule has 0 radical (unpaired) electrons. The molecule has 0 heterocycles. The highest BCUT2D eigenvalue weighted by molar-refractivity contribution is 6.40. The molecule has 92 valence electrons. The predicted molar refractivity (Wildman–Crippen MR) is 67.8 cm³/mol. The zero-order valence-electron chi connectivity index (χ0n) is 10.3. The number of para-hydroxylation sites is 1. The van der Waals surface area contributed by atoms with Crippen LogP contribution in [0.5, 0.6) is 0 Å². The highest BCUT2D eigenvalue weighted by Gasteiger charge is 2.18. The van der Waals surface area contributed by atoms with E-state index in [4.69, 9.17) is 0 Å². The van der Waals surface area contributed by atoms with Crippen molar-refractivity contribution in [2.75, 3.05) is 18.5 Å². The van der Waals surface area contributed by atoms with Gasteiger partial charge < -0.3 is 10.2 Å². The Balaban J connectivity index is 2.55. The van der Waals surface area contributed by atoms with Crippen molar-refractivity contribution in [3.63, 3.8) is 0 Å². The van der Waals surface area contributed by atoms with E-state index in [0.717, 1.165) is 12.8 Å². The van der Waals surface area contributed by atoms with Gasteiger partial charge in [0, 0.05) is 19.3 Å². The third-order valence-corrected chi connectivity index (χ3v) is 2.46.